The lowest BCUT2D eigenvalue weighted by Gasteiger charge is -2.44. The molecule has 118 valence electrons. The summed E-state index contributed by atoms with van der Waals surface area (Å²) in [5.74, 6) is 0.531. The molecule has 0 aromatic heterocycles. The lowest BCUT2D eigenvalue weighted by molar-refractivity contribution is 0.0757. The number of fused-ring (bicyclic) bond motifs is 3. The summed E-state index contributed by atoms with van der Waals surface area (Å²) in [6.45, 7) is 3.11. The van der Waals surface area contributed by atoms with E-state index in [-0.39, 0.29) is 6.04 Å². The summed E-state index contributed by atoms with van der Waals surface area (Å²) in [4.78, 5) is 26.6. The van der Waals surface area contributed by atoms with Crippen LogP contribution in [-0.2, 0) is 0 Å². The fraction of sp³-hybridized carbons (Fsp3) is 0.500. The first-order chi connectivity index (χ1) is 10.7. The second kappa shape index (κ2) is 6.36. The second-order valence-corrected chi connectivity index (χ2v) is 5.87. The van der Waals surface area contributed by atoms with Crippen LogP contribution in [0.2, 0.25) is 0 Å². The SMILES string of the molecule is COc1ccccc1C(=O)NC(=O)N[C@@H]1CN2CCC1CC2. The Morgan fingerprint density at radius 1 is 1.23 bits per heavy atom. The third kappa shape index (κ3) is 3.06. The highest BCUT2D eigenvalue weighted by Crippen LogP contribution is 2.27. The Bertz CT molecular complexity index is 568. The van der Waals surface area contributed by atoms with Gasteiger partial charge in [0.25, 0.3) is 5.91 Å². The Kier molecular flexibility index (Phi) is 4.29. The van der Waals surface area contributed by atoms with Crippen molar-refractivity contribution in [3.63, 3.8) is 0 Å². The van der Waals surface area contributed by atoms with Crippen molar-refractivity contribution in [1.82, 2.24) is 15.5 Å². The number of urea groups is 1. The van der Waals surface area contributed by atoms with Crippen LogP contribution in [0, 0.1) is 5.92 Å². The number of imide groups is 1. The number of amides is 3. The molecule has 3 aliphatic rings. The van der Waals surface area contributed by atoms with Crippen molar-refractivity contribution in [3.8, 4) is 5.75 Å². The van der Waals surface area contributed by atoms with E-state index in [2.05, 4.69) is 15.5 Å². The quantitative estimate of drug-likeness (QED) is 0.881. The molecule has 1 aromatic rings. The number of benzene rings is 1. The Hall–Kier alpha value is -2.08. The fourth-order valence-corrected chi connectivity index (χ4v) is 3.34. The van der Waals surface area contributed by atoms with Gasteiger partial charge in [-0.25, -0.2) is 4.79 Å². The van der Waals surface area contributed by atoms with E-state index < -0.39 is 11.9 Å². The number of carbonyl (C=O) groups excluding carboxylic acids is 2. The van der Waals surface area contributed by atoms with E-state index in [1.807, 2.05) is 0 Å². The van der Waals surface area contributed by atoms with Gasteiger partial charge in [0.1, 0.15) is 5.75 Å². The third-order valence-electron chi connectivity index (χ3n) is 4.55. The fourth-order valence-electron chi connectivity index (χ4n) is 3.34. The Morgan fingerprint density at radius 3 is 2.59 bits per heavy atom. The van der Waals surface area contributed by atoms with Crippen LogP contribution in [0.15, 0.2) is 24.3 Å². The zero-order valence-corrected chi connectivity index (χ0v) is 12.7. The molecule has 1 aromatic carbocycles. The molecule has 0 saturated carbocycles. The lowest BCUT2D eigenvalue weighted by atomic mass is 9.84. The number of para-hydroxylation sites is 1. The smallest absolute Gasteiger partial charge is 0.321 e. The Labute approximate surface area is 129 Å². The van der Waals surface area contributed by atoms with E-state index in [0.717, 1.165) is 32.5 Å². The van der Waals surface area contributed by atoms with Gasteiger partial charge < -0.3 is 15.0 Å². The molecule has 0 radical (unpaired) electrons. The van der Waals surface area contributed by atoms with Crippen molar-refractivity contribution in [2.24, 2.45) is 5.92 Å². The van der Waals surface area contributed by atoms with Gasteiger partial charge in [0.2, 0.25) is 0 Å². The van der Waals surface area contributed by atoms with Gasteiger partial charge >= 0.3 is 6.03 Å². The summed E-state index contributed by atoms with van der Waals surface area (Å²) in [5, 5.41) is 5.33. The molecule has 2 N–H and O–H groups in total. The molecule has 3 saturated heterocycles. The van der Waals surface area contributed by atoms with E-state index in [4.69, 9.17) is 4.74 Å². The van der Waals surface area contributed by atoms with Crippen LogP contribution in [-0.4, -0.2) is 49.6 Å². The molecule has 0 unspecified atom stereocenters. The van der Waals surface area contributed by atoms with Gasteiger partial charge in [0.05, 0.1) is 12.7 Å². The van der Waals surface area contributed by atoms with Crippen LogP contribution in [0.4, 0.5) is 4.79 Å². The molecule has 3 aliphatic heterocycles. The molecule has 2 bridgehead atoms. The second-order valence-electron chi connectivity index (χ2n) is 5.87. The molecule has 0 aliphatic carbocycles. The molecule has 6 nitrogen and oxygen atoms in total. The van der Waals surface area contributed by atoms with E-state index in [9.17, 15) is 9.59 Å². The predicted molar refractivity (Wildman–Crippen MR) is 81.9 cm³/mol. The third-order valence-corrected chi connectivity index (χ3v) is 4.55. The van der Waals surface area contributed by atoms with Gasteiger partial charge in [-0.15, -0.1) is 0 Å². The zero-order valence-electron chi connectivity index (χ0n) is 12.7. The van der Waals surface area contributed by atoms with Crippen LogP contribution in [0.25, 0.3) is 0 Å². The topological polar surface area (TPSA) is 70.7 Å². The Morgan fingerprint density at radius 2 is 1.95 bits per heavy atom. The molecule has 22 heavy (non-hydrogen) atoms. The predicted octanol–water partition coefficient (Wildman–Crippen LogP) is 1.23. The number of carbonyl (C=O) groups is 2. The minimum absolute atomic E-state index is 0.132. The summed E-state index contributed by atoms with van der Waals surface area (Å²) in [5.41, 5.74) is 0.356. The van der Waals surface area contributed by atoms with Crippen molar-refractivity contribution in [2.75, 3.05) is 26.7 Å². The molecule has 0 spiro atoms. The first-order valence-electron chi connectivity index (χ1n) is 7.64. The summed E-state index contributed by atoms with van der Waals surface area (Å²) in [6.07, 6.45) is 2.23. The molecule has 1 atom stereocenters. The lowest BCUT2D eigenvalue weighted by Crippen LogP contribution is -2.59. The minimum Gasteiger partial charge on any atom is -0.496 e. The van der Waals surface area contributed by atoms with Crippen molar-refractivity contribution in [2.45, 2.75) is 18.9 Å². The van der Waals surface area contributed by atoms with Gasteiger partial charge in [0.15, 0.2) is 0 Å². The first kappa shape index (κ1) is 14.8. The highest BCUT2D eigenvalue weighted by atomic mass is 16.5. The largest absolute Gasteiger partial charge is 0.496 e. The number of rotatable bonds is 3. The molecule has 3 fully saturated rings. The van der Waals surface area contributed by atoms with Crippen molar-refractivity contribution in [3.05, 3.63) is 29.8 Å². The van der Waals surface area contributed by atoms with E-state index in [1.54, 1.807) is 24.3 Å². The average Bonchev–Trinajstić information content (AvgIpc) is 2.55. The molecule has 6 heteroatoms. The minimum atomic E-state index is -0.448. The molecule has 3 amide bonds. The monoisotopic (exact) mass is 303 g/mol. The zero-order chi connectivity index (χ0) is 15.5. The van der Waals surface area contributed by atoms with Crippen molar-refractivity contribution >= 4 is 11.9 Å². The van der Waals surface area contributed by atoms with E-state index in [1.165, 1.54) is 7.11 Å². The van der Waals surface area contributed by atoms with Crippen LogP contribution < -0.4 is 15.4 Å². The van der Waals surface area contributed by atoms with Gasteiger partial charge in [-0.2, -0.15) is 0 Å². The maximum atomic E-state index is 12.2. The number of hydrogen-bond donors (Lipinski definition) is 2. The summed E-state index contributed by atoms with van der Waals surface area (Å²) < 4.78 is 5.14. The summed E-state index contributed by atoms with van der Waals surface area (Å²) >= 11 is 0. The molecular weight excluding hydrogens is 282 g/mol. The number of methoxy groups -OCH3 is 1. The maximum absolute atomic E-state index is 12.2. The number of piperidine rings is 3. The van der Waals surface area contributed by atoms with Gasteiger partial charge in [-0.3, -0.25) is 10.1 Å². The van der Waals surface area contributed by atoms with Crippen LogP contribution in [0.3, 0.4) is 0 Å². The first-order valence-corrected chi connectivity index (χ1v) is 7.64. The number of ether oxygens (including phenoxy) is 1. The van der Waals surface area contributed by atoms with E-state index in [0.29, 0.717) is 17.2 Å². The maximum Gasteiger partial charge on any atom is 0.321 e. The van der Waals surface area contributed by atoms with Gasteiger partial charge in [-0.05, 0) is 44.0 Å². The molecular formula is C16H21N3O3. The van der Waals surface area contributed by atoms with E-state index >= 15 is 0 Å². The molecule has 4 rings (SSSR count). The van der Waals surface area contributed by atoms with Gasteiger partial charge in [0, 0.05) is 12.6 Å². The normalized spacial score (nSPS) is 26.3. The number of nitrogens with zero attached hydrogens (tertiary/aromatic N) is 1. The van der Waals surface area contributed by atoms with Crippen LogP contribution >= 0.6 is 0 Å². The highest BCUT2D eigenvalue weighted by molar-refractivity contribution is 6.05. The highest BCUT2D eigenvalue weighted by Gasteiger charge is 2.35. The molecule has 3 heterocycles. The Balaban J connectivity index is 1.58. The van der Waals surface area contributed by atoms with Crippen LogP contribution in [0.5, 0.6) is 5.75 Å². The van der Waals surface area contributed by atoms with Gasteiger partial charge in [-0.1, -0.05) is 12.1 Å². The van der Waals surface area contributed by atoms with Crippen LogP contribution in [0.1, 0.15) is 23.2 Å². The summed E-state index contributed by atoms with van der Waals surface area (Å²) in [7, 11) is 1.50. The number of nitrogens with one attached hydrogen (secondary N) is 2. The van der Waals surface area contributed by atoms with Crippen molar-refractivity contribution in [1.29, 1.82) is 0 Å². The summed E-state index contributed by atoms with van der Waals surface area (Å²) in [6, 6.07) is 6.55. The van der Waals surface area contributed by atoms with Crippen molar-refractivity contribution < 1.29 is 14.3 Å². The number of hydrogen-bond acceptors (Lipinski definition) is 4. The average molecular weight is 303 g/mol. The standard InChI is InChI=1S/C16H21N3O3/c1-22-14-5-3-2-4-12(14)15(20)18-16(21)17-13-10-19-8-6-11(13)7-9-19/h2-5,11,13H,6-10H2,1H3,(H2,17,18,20,21)/t13-/m1/s1.